The number of hydrogen-bond acceptors (Lipinski definition) is 5. The number of hydrogen-bond donors (Lipinski definition) is 1. The molecule has 0 aliphatic rings. The lowest BCUT2D eigenvalue weighted by molar-refractivity contribution is 0.0939. The molecule has 0 saturated carbocycles. The van der Waals surface area contributed by atoms with Crippen LogP contribution in [0.2, 0.25) is 0 Å². The molecule has 1 N–H and O–H groups in total. The molecular weight excluding hydrogens is 354 g/mol. The average Bonchev–Trinajstić information content (AvgIpc) is 3.37. The molecule has 0 bridgehead atoms. The largest absolute Gasteiger partial charge is 0.345 e. The van der Waals surface area contributed by atoms with E-state index in [1.807, 2.05) is 55.8 Å². The highest BCUT2D eigenvalue weighted by molar-refractivity contribution is 5.97. The van der Waals surface area contributed by atoms with Crippen molar-refractivity contribution in [1.82, 2.24) is 25.0 Å². The van der Waals surface area contributed by atoms with Crippen LogP contribution in [0.3, 0.4) is 0 Å². The number of pyridine rings is 1. The Labute approximate surface area is 162 Å². The zero-order valence-corrected chi connectivity index (χ0v) is 16.0. The number of benzene rings is 1. The smallest absolute Gasteiger partial charge is 0.257 e. The van der Waals surface area contributed by atoms with Crippen molar-refractivity contribution in [3.05, 3.63) is 72.1 Å². The van der Waals surface area contributed by atoms with E-state index in [0.717, 1.165) is 22.3 Å². The van der Waals surface area contributed by atoms with E-state index in [2.05, 4.69) is 20.4 Å². The molecule has 7 nitrogen and oxygen atoms in total. The SMILES string of the molecule is CC(C)c1noc2ncc(C(=O)N[C@H](C)c3ccc(-n4ccnc4)cc3)cc12. The van der Waals surface area contributed by atoms with Gasteiger partial charge in [-0.15, -0.1) is 0 Å². The molecule has 28 heavy (non-hydrogen) atoms. The highest BCUT2D eigenvalue weighted by atomic mass is 16.5. The number of imidazole rings is 1. The number of carbonyl (C=O) groups is 1. The molecule has 1 amide bonds. The normalized spacial score (nSPS) is 12.4. The first-order valence-corrected chi connectivity index (χ1v) is 9.17. The maximum Gasteiger partial charge on any atom is 0.257 e. The Morgan fingerprint density at radius 2 is 1.96 bits per heavy atom. The third-order valence-corrected chi connectivity index (χ3v) is 4.71. The Balaban J connectivity index is 1.51. The molecule has 0 unspecified atom stereocenters. The average molecular weight is 375 g/mol. The Morgan fingerprint density at radius 3 is 2.64 bits per heavy atom. The molecule has 1 aromatic carbocycles. The van der Waals surface area contributed by atoms with Gasteiger partial charge in [0.25, 0.3) is 11.6 Å². The van der Waals surface area contributed by atoms with Crippen LogP contribution in [0, 0.1) is 0 Å². The summed E-state index contributed by atoms with van der Waals surface area (Å²) >= 11 is 0. The van der Waals surface area contributed by atoms with Gasteiger partial charge >= 0.3 is 0 Å². The molecule has 142 valence electrons. The Morgan fingerprint density at radius 1 is 1.18 bits per heavy atom. The van der Waals surface area contributed by atoms with Crippen molar-refractivity contribution < 1.29 is 9.32 Å². The second-order valence-electron chi connectivity index (χ2n) is 7.06. The summed E-state index contributed by atoms with van der Waals surface area (Å²) in [5.74, 6) is 0.00536. The summed E-state index contributed by atoms with van der Waals surface area (Å²) in [4.78, 5) is 21.0. The lowest BCUT2D eigenvalue weighted by atomic mass is 10.1. The summed E-state index contributed by atoms with van der Waals surface area (Å²) in [5, 5.41) is 7.86. The minimum atomic E-state index is -0.184. The third-order valence-electron chi connectivity index (χ3n) is 4.71. The van der Waals surface area contributed by atoms with Crippen LogP contribution >= 0.6 is 0 Å². The molecule has 4 aromatic rings. The van der Waals surface area contributed by atoms with Crippen molar-refractivity contribution in [2.75, 3.05) is 0 Å². The van der Waals surface area contributed by atoms with Crippen LogP contribution in [-0.2, 0) is 0 Å². The van der Waals surface area contributed by atoms with E-state index < -0.39 is 0 Å². The van der Waals surface area contributed by atoms with Crippen molar-refractivity contribution in [2.45, 2.75) is 32.7 Å². The quantitative estimate of drug-likeness (QED) is 0.569. The van der Waals surface area contributed by atoms with Gasteiger partial charge in [0.05, 0.1) is 29.0 Å². The molecule has 0 spiro atoms. The highest BCUT2D eigenvalue weighted by Gasteiger charge is 2.17. The Kier molecular flexibility index (Phi) is 4.65. The van der Waals surface area contributed by atoms with Gasteiger partial charge < -0.3 is 14.4 Å². The molecule has 4 rings (SSSR count). The number of nitrogens with one attached hydrogen (secondary N) is 1. The lowest BCUT2D eigenvalue weighted by Gasteiger charge is -2.15. The monoisotopic (exact) mass is 375 g/mol. The molecule has 0 radical (unpaired) electrons. The lowest BCUT2D eigenvalue weighted by Crippen LogP contribution is -2.26. The van der Waals surface area contributed by atoms with E-state index in [1.54, 1.807) is 18.6 Å². The molecule has 0 fully saturated rings. The van der Waals surface area contributed by atoms with Crippen molar-refractivity contribution in [3.63, 3.8) is 0 Å². The summed E-state index contributed by atoms with van der Waals surface area (Å²) in [7, 11) is 0. The zero-order valence-electron chi connectivity index (χ0n) is 16.0. The predicted octanol–water partition coefficient (Wildman–Crippen LogP) is 4.02. The summed E-state index contributed by atoms with van der Waals surface area (Å²) in [6.45, 7) is 6.01. The number of fused-ring (bicyclic) bond motifs is 1. The van der Waals surface area contributed by atoms with Crippen molar-refractivity contribution >= 4 is 17.0 Å². The number of nitrogens with zero attached hydrogens (tertiary/aromatic N) is 4. The zero-order chi connectivity index (χ0) is 19.7. The summed E-state index contributed by atoms with van der Waals surface area (Å²) in [5.41, 5.74) is 3.77. The molecule has 3 aromatic heterocycles. The van der Waals surface area contributed by atoms with Gasteiger partial charge in [0.15, 0.2) is 0 Å². The van der Waals surface area contributed by atoms with Crippen molar-refractivity contribution in [3.8, 4) is 5.69 Å². The first-order valence-electron chi connectivity index (χ1n) is 9.17. The number of carbonyl (C=O) groups excluding carboxylic acids is 1. The van der Waals surface area contributed by atoms with Crippen LogP contribution < -0.4 is 5.32 Å². The van der Waals surface area contributed by atoms with Gasteiger partial charge in [0.2, 0.25) is 0 Å². The maximum atomic E-state index is 12.7. The Hall–Kier alpha value is -3.48. The number of rotatable bonds is 5. The van der Waals surface area contributed by atoms with E-state index in [0.29, 0.717) is 11.3 Å². The second kappa shape index (κ2) is 7.26. The Bertz CT molecular complexity index is 1100. The molecule has 1 atom stereocenters. The number of amides is 1. The highest BCUT2D eigenvalue weighted by Crippen LogP contribution is 2.24. The van der Waals surface area contributed by atoms with Crippen LogP contribution in [0.25, 0.3) is 16.8 Å². The van der Waals surface area contributed by atoms with Crippen LogP contribution in [0.1, 0.15) is 54.3 Å². The van der Waals surface area contributed by atoms with Gasteiger partial charge in [-0.3, -0.25) is 4.79 Å². The molecule has 0 saturated heterocycles. The fraction of sp³-hybridized carbons (Fsp3) is 0.238. The van der Waals surface area contributed by atoms with Gasteiger partial charge in [-0.25, -0.2) is 9.97 Å². The van der Waals surface area contributed by atoms with Crippen molar-refractivity contribution in [1.29, 1.82) is 0 Å². The van der Waals surface area contributed by atoms with Gasteiger partial charge in [-0.1, -0.05) is 31.1 Å². The molecule has 0 aliphatic heterocycles. The van der Waals surface area contributed by atoms with E-state index in [4.69, 9.17) is 4.52 Å². The second-order valence-corrected chi connectivity index (χ2v) is 7.06. The third kappa shape index (κ3) is 3.38. The molecule has 7 heteroatoms. The fourth-order valence-corrected chi connectivity index (χ4v) is 3.10. The van der Waals surface area contributed by atoms with Crippen LogP contribution in [-0.4, -0.2) is 25.6 Å². The number of aromatic nitrogens is 4. The standard InChI is InChI=1S/C21H21N5O2/c1-13(2)19-18-10-16(11-23-21(18)28-25-19)20(27)24-14(3)15-4-6-17(7-5-15)26-9-8-22-12-26/h4-14H,1-3H3,(H,24,27)/t14-/m1/s1. The summed E-state index contributed by atoms with van der Waals surface area (Å²) in [6, 6.07) is 9.64. The van der Waals surface area contributed by atoms with Gasteiger partial charge in [0, 0.05) is 24.3 Å². The summed E-state index contributed by atoms with van der Waals surface area (Å²) in [6.07, 6.45) is 6.89. The first-order chi connectivity index (χ1) is 13.5. The predicted molar refractivity (Wildman–Crippen MR) is 105 cm³/mol. The topological polar surface area (TPSA) is 85.8 Å². The molecule has 0 aliphatic carbocycles. The fourth-order valence-electron chi connectivity index (χ4n) is 3.10. The van der Waals surface area contributed by atoms with E-state index in [-0.39, 0.29) is 17.9 Å². The van der Waals surface area contributed by atoms with Crippen LogP contribution in [0.15, 0.2) is 59.8 Å². The molecular formula is C21H21N5O2. The summed E-state index contributed by atoms with van der Waals surface area (Å²) < 4.78 is 7.17. The minimum Gasteiger partial charge on any atom is -0.345 e. The van der Waals surface area contributed by atoms with E-state index in [1.165, 1.54) is 6.20 Å². The maximum absolute atomic E-state index is 12.7. The van der Waals surface area contributed by atoms with Gasteiger partial charge in [-0.2, -0.15) is 0 Å². The van der Waals surface area contributed by atoms with Crippen LogP contribution in [0.4, 0.5) is 0 Å². The van der Waals surface area contributed by atoms with Gasteiger partial charge in [-0.05, 0) is 36.6 Å². The minimum absolute atomic E-state index is 0.146. The van der Waals surface area contributed by atoms with E-state index in [9.17, 15) is 4.79 Å². The first kappa shape index (κ1) is 17.9. The molecule has 3 heterocycles. The van der Waals surface area contributed by atoms with Crippen LogP contribution in [0.5, 0.6) is 0 Å². The van der Waals surface area contributed by atoms with E-state index >= 15 is 0 Å². The van der Waals surface area contributed by atoms with Crippen molar-refractivity contribution in [2.24, 2.45) is 0 Å². The van der Waals surface area contributed by atoms with Gasteiger partial charge in [0.1, 0.15) is 0 Å².